The first-order chi connectivity index (χ1) is 12.1. The van der Waals surface area contributed by atoms with E-state index >= 15 is 0 Å². The lowest BCUT2D eigenvalue weighted by Crippen LogP contribution is -2.29. The second-order valence-corrected chi connectivity index (χ2v) is 5.25. The van der Waals surface area contributed by atoms with Crippen molar-refractivity contribution >= 4 is 11.7 Å². The Balaban J connectivity index is 1.47. The molecule has 3 aromatic rings. The van der Waals surface area contributed by atoms with Gasteiger partial charge in [0.15, 0.2) is 5.82 Å². The van der Waals surface area contributed by atoms with Gasteiger partial charge < -0.3 is 10.6 Å². The molecule has 0 atom stereocenters. The third-order valence-corrected chi connectivity index (χ3v) is 3.29. The van der Waals surface area contributed by atoms with Crippen molar-refractivity contribution in [2.75, 3.05) is 18.4 Å². The number of carbonyl (C=O) groups is 1. The van der Waals surface area contributed by atoms with Crippen LogP contribution in [0.1, 0.15) is 16.1 Å². The number of hydrogen-bond donors (Lipinski definition) is 2. The van der Waals surface area contributed by atoms with Gasteiger partial charge in [0.05, 0.1) is 17.5 Å². The first-order valence-electron chi connectivity index (χ1n) is 7.61. The molecule has 0 spiro atoms. The molecule has 0 saturated heterocycles. The lowest BCUT2D eigenvalue weighted by Gasteiger charge is -2.07. The molecule has 128 valence electrons. The Morgan fingerprint density at radius 1 is 1.20 bits per heavy atom. The van der Waals surface area contributed by atoms with E-state index in [2.05, 4.69) is 30.9 Å². The zero-order valence-electron chi connectivity index (χ0n) is 13.5. The van der Waals surface area contributed by atoms with Crippen molar-refractivity contribution in [3.05, 3.63) is 59.9 Å². The average Bonchev–Trinajstić information content (AvgIpc) is 3.05. The SMILES string of the molecule is Cc1ccn(-c2ccc(NCCNC(=O)c3cncc(F)c3)nn2)n1. The van der Waals surface area contributed by atoms with Crippen LogP contribution in [0.25, 0.3) is 5.82 Å². The van der Waals surface area contributed by atoms with Crippen LogP contribution >= 0.6 is 0 Å². The largest absolute Gasteiger partial charge is 0.367 e. The summed E-state index contributed by atoms with van der Waals surface area (Å²) in [4.78, 5) is 15.5. The highest BCUT2D eigenvalue weighted by Crippen LogP contribution is 2.06. The van der Waals surface area contributed by atoms with Gasteiger partial charge in [0, 0.05) is 25.5 Å². The third-order valence-electron chi connectivity index (χ3n) is 3.29. The summed E-state index contributed by atoms with van der Waals surface area (Å²) in [7, 11) is 0. The third kappa shape index (κ3) is 4.34. The fraction of sp³-hybridized carbons (Fsp3) is 0.188. The fourth-order valence-electron chi connectivity index (χ4n) is 2.09. The molecule has 0 bridgehead atoms. The molecule has 0 aliphatic rings. The number of aryl methyl sites for hydroxylation is 1. The number of rotatable bonds is 6. The molecule has 3 aromatic heterocycles. The van der Waals surface area contributed by atoms with Gasteiger partial charge in [-0.25, -0.2) is 9.07 Å². The molecule has 0 saturated carbocycles. The summed E-state index contributed by atoms with van der Waals surface area (Å²) >= 11 is 0. The Bertz CT molecular complexity index is 863. The Labute approximate surface area is 143 Å². The number of nitrogens with one attached hydrogen (secondary N) is 2. The van der Waals surface area contributed by atoms with Crippen LogP contribution in [0, 0.1) is 12.7 Å². The Hall–Kier alpha value is -3.36. The van der Waals surface area contributed by atoms with E-state index in [1.165, 1.54) is 6.20 Å². The molecule has 3 heterocycles. The number of hydrogen-bond acceptors (Lipinski definition) is 6. The minimum Gasteiger partial charge on any atom is -0.367 e. The highest BCUT2D eigenvalue weighted by atomic mass is 19.1. The lowest BCUT2D eigenvalue weighted by molar-refractivity contribution is 0.0954. The topological polar surface area (TPSA) is 97.6 Å². The summed E-state index contributed by atoms with van der Waals surface area (Å²) in [5.74, 6) is 0.262. The van der Waals surface area contributed by atoms with Gasteiger partial charge in [-0.3, -0.25) is 9.78 Å². The molecule has 25 heavy (non-hydrogen) atoms. The zero-order chi connectivity index (χ0) is 17.6. The summed E-state index contributed by atoms with van der Waals surface area (Å²) in [5, 5.41) is 18.1. The van der Waals surface area contributed by atoms with Gasteiger partial charge in [-0.1, -0.05) is 0 Å². The maximum absolute atomic E-state index is 13.0. The van der Waals surface area contributed by atoms with Crippen LogP contribution in [-0.2, 0) is 0 Å². The summed E-state index contributed by atoms with van der Waals surface area (Å²) in [5.41, 5.74) is 1.08. The van der Waals surface area contributed by atoms with E-state index in [1.54, 1.807) is 16.8 Å². The van der Waals surface area contributed by atoms with Crippen LogP contribution in [0.5, 0.6) is 0 Å². The van der Waals surface area contributed by atoms with Gasteiger partial charge in [-0.2, -0.15) is 5.10 Å². The van der Waals surface area contributed by atoms with Gasteiger partial charge in [0.25, 0.3) is 5.91 Å². The Morgan fingerprint density at radius 3 is 2.76 bits per heavy atom. The maximum atomic E-state index is 13.0. The molecule has 2 N–H and O–H groups in total. The molecule has 0 radical (unpaired) electrons. The molecule has 3 rings (SSSR count). The van der Waals surface area contributed by atoms with E-state index in [0.29, 0.717) is 24.7 Å². The number of carbonyl (C=O) groups excluding carboxylic acids is 1. The van der Waals surface area contributed by atoms with E-state index in [-0.39, 0.29) is 11.5 Å². The molecule has 1 amide bonds. The van der Waals surface area contributed by atoms with Crippen molar-refractivity contribution in [1.29, 1.82) is 0 Å². The minimum absolute atomic E-state index is 0.179. The number of anilines is 1. The van der Waals surface area contributed by atoms with Gasteiger partial charge >= 0.3 is 0 Å². The molecule has 0 aromatic carbocycles. The first kappa shape index (κ1) is 16.5. The smallest absolute Gasteiger partial charge is 0.253 e. The minimum atomic E-state index is -0.548. The van der Waals surface area contributed by atoms with Crippen molar-refractivity contribution in [3.8, 4) is 5.82 Å². The highest BCUT2D eigenvalue weighted by Gasteiger charge is 2.06. The number of amides is 1. The van der Waals surface area contributed by atoms with Crippen molar-refractivity contribution in [1.82, 2.24) is 30.3 Å². The average molecular weight is 341 g/mol. The summed E-state index contributed by atoms with van der Waals surface area (Å²) in [6.07, 6.45) is 4.17. The fourth-order valence-corrected chi connectivity index (χ4v) is 2.09. The number of pyridine rings is 1. The second-order valence-electron chi connectivity index (χ2n) is 5.25. The van der Waals surface area contributed by atoms with Crippen LogP contribution in [0.15, 0.2) is 42.9 Å². The molecule has 0 fully saturated rings. The molecule has 9 heteroatoms. The van der Waals surface area contributed by atoms with Gasteiger partial charge in [-0.15, -0.1) is 10.2 Å². The zero-order valence-corrected chi connectivity index (χ0v) is 13.5. The molecule has 0 aliphatic carbocycles. The first-order valence-corrected chi connectivity index (χ1v) is 7.61. The number of aromatic nitrogens is 5. The van der Waals surface area contributed by atoms with E-state index < -0.39 is 5.82 Å². The van der Waals surface area contributed by atoms with Crippen LogP contribution in [0.4, 0.5) is 10.2 Å². The van der Waals surface area contributed by atoms with Gasteiger partial charge in [0.1, 0.15) is 11.6 Å². The molecular formula is C16H16FN7O. The quantitative estimate of drug-likeness (QED) is 0.657. The van der Waals surface area contributed by atoms with Crippen molar-refractivity contribution in [2.24, 2.45) is 0 Å². The lowest BCUT2D eigenvalue weighted by atomic mass is 10.2. The van der Waals surface area contributed by atoms with Crippen molar-refractivity contribution in [2.45, 2.75) is 6.92 Å². The predicted molar refractivity (Wildman–Crippen MR) is 88.9 cm³/mol. The van der Waals surface area contributed by atoms with E-state index in [1.807, 2.05) is 19.2 Å². The molecular weight excluding hydrogens is 325 g/mol. The summed E-state index contributed by atoms with van der Waals surface area (Å²) < 4.78 is 14.7. The molecule has 8 nitrogen and oxygen atoms in total. The number of nitrogens with zero attached hydrogens (tertiary/aromatic N) is 5. The van der Waals surface area contributed by atoms with Crippen LogP contribution < -0.4 is 10.6 Å². The maximum Gasteiger partial charge on any atom is 0.253 e. The molecule has 0 aliphatic heterocycles. The van der Waals surface area contributed by atoms with Crippen molar-refractivity contribution < 1.29 is 9.18 Å². The molecule has 0 unspecified atom stereocenters. The van der Waals surface area contributed by atoms with E-state index in [0.717, 1.165) is 18.0 Å². The van der Waals surface area contributed by atoms with Crippen LogP contribution in [0.3, 0.4) is 0 Å². The monoisotopic (exact) mass is 341 g/mol. The van der Waals surface area contributed by atoms with E-state index in [9.17, 15) is 9.18 Å². The Kier molecular flexibility index (Phi) is 4.93. The standard InChI is InChI=1S/C16H16FN7O/c1-11-4-7-24(23-11)15-3-2-14(21-22-15)19-5-6-20-16(25)12-8-13(17)10-18-9-12/h2-4,7-10H,5-6H2,1H3,(H,19,21)(H,20,25). The van der Waals surface area contributed by atoms with E-state index in [4.69, 9.17) is 0 Å². The predicted octanol–water partition coefficient (Wildman–Crippen LogP) is 1.35. The van der Waals surface area contributed by atoms with Gasteiger partial charge in [-0.05, 0) is 31.2 Å². The number of halogens is 1. The van der Waals surface area contributed by atoms with Crippen molar-refractivity contribution in [3.63, 3.8) is 0 Å². The Morgan fingerprint density at radius 2 is 2.08 bits per heavy atom. The van der Waals surface area contributed by atoms with Gasteiger partial charge in [0.2, 0.25) is 0 Å². The summed E-state index contributed by atoms with van der Waals surface area (Å²) in [6.45, 7) is 2.69. The van der Waals surface area contributed by atoms with Crippen LogP contribution in [0.2, 0.25) is 0 Å². The summed E-state index contributed by atoms with van der Waals surface area (Å²) in [6, 6.07) is 6.58. The highest BCUT2D eigenvalue weighted by molar-refractivity contribution is 5.93. The normalized spacial score (nSPS) is 10.5. The van der Waals surface area contributed by atoms with Crippen LogP contribution in [-0.4, -0.2) is 44.0 Å². The second kappa shape index (κ2) is 7.47.